The smallest absolute Gasteiger partial charge is 0.124 e. The predicted molar refractivity (Wildman–Crippen MR) is 88.8 cm³/mol. The fourth-order valence-electron chi connectivity index (χ4n) is 2.02. The minimum absolute atomic E-state index is 0.130. The highest BCUT2D eigenvalue weighted by atomic mass is 79.9. The number of rotatable bonds is 4. The van der Waals surface area contributed by atoms with E-state index < -0.39 is 0 Å². The summed E-state index contributed by atoms with van der Waals surface area (Å²) in [5.41, 5.74) is 2.18. The van der Waals surface area contributed by atoms with E-state index in [1.807, 2.05) is 25.2 Å². The zero-order valence-electron chi connectivity index (χ0n) is 10.8. The molecule has 20 heavy (non-hydrogen) atoms. The molecule has 0 aliphatic rings. The van der Waals surface area contributed by atoms with Crippen molar-refractivity contribution in [1.82, 2.24) is 5.32 Å². The van der Waals surface area contributed by atoms with Crippen molar-refractivity contribution >= 4 is 43.5 Å². The average molecular weight is 422 g/mol. The summed E-state index contributed by atoms with van der Waals surface area (Å²) in [4.78, 5) is 0. The van der Waals surface area contributed by atoms with E-state index in [2.05, 4.69) is 37.2 Å². The molecular formula is C15H13Br2ClFN. The molecule has 0 fully saturated rings. The molecule has 5 heteroatoms. The molecule has 2 aromatic rings. The van der Waals surface area contributed by atoms with Crippen LogP contribution in [0.25, 0.3) is 0 Å². The molecule has 2 rings (SSSR count). The molecule has 0 aliphatic heterocycles. The van der Waals surface area contributed by atoms with Gasteiger partial charge in [0.25, 0.3) is 0 Å². The second-order valence-corrected chi connectivity index (χ2v) is 6.57. The van der Waals surface area contributed by atoms with E-state index in [4.69, 9.17) is 11.6 Å². The lowest BCUT2D eigenvalue weighted by Crippen LogP contribution is -2.19. The molecule has 0 bridgehead atoms. The van der Waals surface area contributed by atoms with Gasteiger partial charge in [0.2, 0.25) is 0 Å². The molecule has 0 heterocycles. The van der Waals surface area contributed by atoms with E-state index in [1.165, 1.54) is 12.1 Å². The van der Waals surface area contributed by atoms with Gasteiger partial charge in [-0.05, 0) is 64.8 Å². The van der Waals surface area contributed by atoms with E-state index in [9.17, 15) is 4.39 Å². The van der Waals surface area contributed by atoms with Crippen molar-refractivity contribution in [3.63, 3.8) is 0 Å². The summed E-state index contributed by atoms with van der Waals surface area (Å²) in [6.07, 6.45) is 0.755. The zero-order chi connectivity index (χ0) is 14.7. The molecule has 0 radical (unpaired) electrons. The molecule has 1 nitrogen and oxygen atoms in total. The largest absolute Gasteiger partial charge is 0.313 e. The standard InChI is InChI=1S/C15H13Br2ClFN/c1-20-15(10-3-5-14(18)13(17)6-10)7-9-2-4-11(19)8-12(9)16/h2-6,8,15,20H,7H2,1H3. The van der Waals surface area contributed by atoms with Gasteiger partial charge in [-0.25, -0.2) is 4.39 Å². The molecule has 1 unspecified atom stereocenters. The van der Waals surface area contributed by atoms with Gasteiger partial charge in [0.05, 0.1) is 5.02 Å². The van der Waals surface area contributed by atoms with Gasteiger partial charge in [-0.3, -0.25) is 0 Å². The van der Waals surface area contributed by atoms with Gasteiger partial charge in [0.1, 0.15) is 5.82 Å². The molecule has 0 aromatic heterocycles. The Morgan fingerprint density at radius 3 is 2.50 bits per heavy atom. The van der Waals surface area contributed by atoms with E-state index >= 15 is 0 Å². The van der Waals surface area contributed by atoms with Crippen LogP contribution >= 0.6 is 43.5 Å². The molecule has 0 spiro atoms. The second kappa shape index (κ2) is 7.03. The maximum absolute atomic E-state index is 13.1. The number of nitrogens with one attached hydrogen (secondary N) is 1. The lowest BCUT2D eigenvalue weighted by atomic mass is 9.99. The maximum Gasteiger partial charge on any atom is 0.124 e. The van der Waals surface area contributed by atoms with E-state index in [-0.39, 0.29) is 11.9 Å². The highest BCUT2D eigenvalue weighted by molar-refractivity contribution is 9.10. The fraction of sp³-hybridized carbons (Fsp3) is 0.200. The van der Waals surface area contributed by atoms with Gasteiger partial charge in [-0.2, -0.15) is 0 Å². The number of likely N-dealkylation sites (N-methyl/N-ethyl adjacent to an activating group) is 1. The lowest BCUT2D eigenvalue weighted by Gasteiger charge is -2.18. The Labute approximate surface area is 139 Å². The SMILES string of the molecule is CNC(Cc1ccc(F)cc1Br)c1ccc(Cl)c(Br)c1. The molecule has 1 atom stereocenters. The number of hydrogen-bond donors (Lipinski definition) is 1. The Morgan fingerprint density at radius 2 is 1.90 bits per heavy atom. The Morgan fingerprint density at radius 1 is 1.15 bits per heavy atom. The summed E-state index contributed by atoms with van der Waals surface area (Å²) in [5.74, 6) is -0.240. The maximum atomic E-state index is 13.1. The molecule has 0 aliphatic carbocycles. The quantitative estimate of drug-likeness (QED) is 0.687. The Balaban J connectivity index is 2.26. The van der Waals surface area contributed by atoms with Gasteiger partial charge in [0.15, 0.2) is 0 Å². The first kappa shape index (κ1) is 16.0. The van der Waals surface area contributed by atoms with Crippen LogP contribution in [-0.4, -0.2) is 7.05 Å². The van der Waals surface area contributed by atoms with Gasteiger partial charge in [0, 0.05) is 15.0 Å². The van der Waals surface area contributed by atoms with Gasteiger partial charge >= 0.3 is 0 Å². The molecule has 0 saturated carbocycles. The number of halogens is 4. The normalized spacial score (nSPS) is 12.4. The van der Waals surface area contributed by atoms with E-state index in [0.29, 0.717) is 5.02 Å². The minimum atomic E-state index is -0.240. The topological polar surface area (TPSA) is 12.0 Å². The number of benzene rings is 2. The molecule has 2 aromatic carbocycles. The molecule has 0 saturated heterocycles. The number of hydrogen-bond acceptors (Lipinski definition) is 1. The van der Waals surface area contributed by atoms with Crippen LogP contribution in [0.4, 0.5) is 4.39 Å². The van der Waals surface area contributed by atoms with Gasteiger partial charge in [-0.15, -0.1) is 0 Å². The monoisotopic (exact) mass is 419 g/mol. The lowest BCUT2D eigenvalue weighted by molar-refractivity contribution is 0.587. The van der Waals surface area contributed by atoms with Crippen molar-refractivity contribution < 1.29 is 4.39 Å². The van der Waals surface area contributed by atoms with Crippen molar-refractivity contribution in [2.24, 2.45) is 0 Å². The summed E-state index contributed by atoms with van der Waals surface area (Å²) < 4.78 is 14.8. The van der Waals surface area contributed by atoms with Crippen molar-refractivity contribution in [2.45, 2.75) is 12.5 Å². The summed E-state index contributed by atoms with van der Waals surface area (Å²) in [7, 11) is 1.91. The van der Waals surface area contributed by atoms with Crippen LogP contribution in [0, 0.1) is 5.82 Å². The Kier molecular flexibility index (Phi) is 5.61. The van der Waals surface area contributed by atoms with Gasteiger partial charge < -0.3 is 5.32 Å². The first-order valence-electron chi connectivity index (χ1n) is 6.07. The highest BCUT2D eigenvalue weighted by Crippen LogP contribution is 2.29. The summed E-state index contributed by atoms with van der Waals surface area (Å²) >= 11 is 12.9. The van der Waals surface area contributed by atoms with Crippen LogP contribution in [0.2, 0.25) is 5.02 Å². The first-order chi connectivity index (χ1) is 9.51. The predicted octanol–water partition coefficient (Wildman–Crippen LogP) is 5.51. The Hall–Kier alpha value is -0.420. The third kappa shape index (κ3) is 3.82. The van der Waals surface area contributed by atoms with Crippen LogP contribution in [-0.2, 0) is 6.42 Å². The van der Waals surface area contributed by atoms with Crippen LogP contribution < -0.4 is 5.32 Å². The second-order valence-electron chi connectivity index (χ2n) is 4.45. The van der Waals surface area contributed by atoms with Crippen LogP contribution in [0.15, 0.2) is 45.3 Å². The van der Waals surface area contributed by atoms with E-state index in [1.54, 1.807) is 6.07 Å². The van der Waals surface area contributed by atoms with E-state index in [0.717, 1.165) is 26.5 Å². The van der Waals surface area contributed by atoms with Crippen molar-refractivity contribution in [3.8, 4) is 0 Å². The molecule has 0 amide bonds. The van der Waals surface area contributed by atoms with Crippen molar-refractivity contribution in [1.29, 1.82) is 0 Å². The third-order valence-corrected chi connectivity index (χ3v) is 5.09. The molecule has 1 N–H and O–H groups in total. The fourth-order valence-corrected chi connectivity index (χ4v) is 3.05. The van der Waals surface area contributed by atoms with Crippen LogP contribution in [0.5, 0.6) is 0 Å². The average Bonchev–Trinajstić information content (AvgIpc) is 2.41. The van der Waals surface area contributed by atoms with Gasteiger partial charge in [-0.1, -0.05) is 39.7 Å². The van der Waals surface area contributed by atoms with Crippen molar-refractivity contribution in [2.75, 3.05) is 7.05 Å². The highest BCUT2D eigenvalue weighted by Gasteiger charge is 2.13. The minimum Gasteiger partial charge on any atom is -0.313 e. The van der Waals surface area contributed by atoms with Crippen LogP contribution in [0.1, 0.15) is 17.2 Å². The zero-order valence-corrected chi connectivity index (χ0v) is 14.7. The summed E-state index contributed by atoms with van der Waals surface area (Å²) in [6.45, 7) is 0. The summed E-state index contributed by atoms with van der Waals surface area (Å²) in [6, 6.07) is 10.8. The van der Waals surface area contributed by atoms with Crippen LogP contribution in [0.3, 0.4) is 0 Å². The first-order valence-corrected chi connectivity index (χ1v) is 8.04. The summed E-state index contributed by atoms with van der Waals surface area (Å²) in [5, 5.41) is 3.96. The molecular weight excluding hydrogens is 408 g/mol. The molecule has 106 valence electrons. The third-order valence-electron chi connectivity index (χ3n) is 3.13. The Bertz CT molecular complexity index is 619. The van der Waals surface area contributed by atoms with Crippen molar-refractivity contribution in [3.05, 3.63) is 67.3 Å².